The van der Waals surface area contributed by atoms with Gasteiger partial charge in [-0.2, -0.15) is 0 Å². The second-order valence-corrected chi connectivity index (χ2v) is 6.39. The summed E-state index contributed by atoms with van der Waals surface area (Å²) in [6, 6.07) is 7.37. The molecule has 0 bridgehead atoms. The lowest BCUT2D eigenvalue weighted by Crippen LogP contribution is -2.40. The monoisotopic (exact) mass is 383 g/mol. The maximum absolute atomic E-state index is 12.2. The fourth-order valence-electron chi connectivity index (χ4n) is 3.27. The van der Waals surface area contributed by atoms with Crippen molar-refractivity contribution in [2.45, 2.75) is 45.1 Å². The normalized spacial score (nSPS) is 18.7. The summed E-state index contributed by atoms with van der Waals surface area (Å²) < 4.78 is 5.46. The zero-order chi connectivity index (χ0) is 18.1. The summed E-state index contributed by atoms with van der Waals surface area (Å²) in [5, 5.41) is 5.92. The molecule has 146 valence electrons. The molecule has 2 unspecified atom stereocenters. The molecule has 7 heteroatoms. The molecule has 1 saturated carbocycles. The van der Waals surface area contributed by atoms with E-state index in [4.69, 9.17) is 10.5 Å². The number of hydrogen-bond donors (Lipinski definition) is 3. The van der Waals surface area contributed by atoms with Crippen molar-refractivity contribution in [3.05, 3.63) is 29.8 Å². The van der Waals surface area contributed by atoms with Crippen LogP contribution in [0.15, 0.2) is 24.3 Å². The predicted octanol–water partition coefficient (Wildman–Crippen LogP) is 2.26. The summed E-state index contributed by atoms with van der Waals surface area (Å²) >= 11 is 0. The lowest BCUT2D eigenvalue weighted by Gasteiger charge is -2.19. The van der Waals surface area contributed by atoms with E-state index in [1.54, 1.807) is 18.2 Å². The summed E-state index contributed by atoms with van der Waals surface area (Å²) in [5.41, 5.74) is 6.25. The van der Waals surface area contributed by atoms with E-state index in [1.165, 1.54) is 0 Å². The molecule has 0 aliphatic heterocycles. The van der Waals surface area contributed by atoms with E-state index >= 15 is 0 Å². The first-order valence-electron chi connectivity index (χ1n) is 9.15. The zero-order valence-corrected chi connectivity index (χ0v) is 16.1. The first-order chi connectivity index (χ1) is 12.2. The van der Waals surface area contributed by atoms with Crippen molar-refractivity contribution in [1.29, 1.82) is 0 Å². The Kier molecular flexibility index (Phi) is 10.1. The summed E-state index contributed by atoms with van der Waals surface area (Å²) in [4.78, 5) is 24.3. The molecule has 6 nitrogen and oxygen atoms in total. The van der Waals surface area contributed by atoms with Crippen molar-refractivity contribution >= 4 is 24.2 Å². The van der Waals surface area contributed by atoms with Crippen molar-refractivity contribution in [3.8, 4) is 5.75 Å². The van der Waals surface area contributed by atoms with Crippen LogP contribution in [-0.4, -0.2) is 37.6 Å². The minimum Gasteiger partial charge on any atom is -0.493 e. The molecule has 0 aromatic heterocycles. The summed E-state index contributed by atoms with van der Waals surface area (Å²) in [6.07, 6.45) is 4.24. The summed E-state index contributed by atoms with van der Waals surface area (Å²) in [6.45, 7) is 3.47. The van der Waals surface area contributed by atoms with Gasteiger partial charge in [-0.05, 0) is 50.8 Å². The average Bonchev–Trinajstić information content (AvgIpc) is 3.06. The molecule has 1 aliphatic rings. The number of benzene rings is 1. The number of ether oxygens (including phenoxy) is 1. The van der Waals surface area contributed by atoms with Crippen LogP contribution in [-0.2, 0) is 4.79 Å². The smallest absolute Gasteiger partial charge is 0.255 e. The largest absolute Gasteiger partial charge is 0.493 e. The molecule has 0 saturated heterocycles. The molecule has 0 radical (unpaired) electrons. The molecule has 1 aromatic carbocycles. The number of nitrogens with one attached hydrogen (secondary N) is 2. The minimum atomic E-state index is -0.177. The van der Waals surface area contributed by atoms with Crippen LogP contribution < -0.4 is 21.1 Å². The van der Waals surface area contributed by atoms with Gasteiger partial charge in [0.05, 0.1) is 12.2 Å². The Balaban J connectivity index is 0.00000338. The van der Waals surface area contributed by atoms with E-state index in [1.807, 2.05) is 13.0 Å². The number of halogens is 1. The number of hydrogen-bond acceptors (Lipinski definition) is 4. The average molecular weight is 384 g/mol. The number of rotatable bonds is 9. The SMILES string of the molecule is CCOc1ccccc1C(=O)NCCCC(=O)NC1CCCC1CN.Cl. The highest BCUT2D eigenvalue weighted by atomic mass is 35.5. The molecular formula is C19H30ClN3O3. The quantitative estimate of drug-likeness (QED) is 0.570. The van der Waals surface area contributed by atoms with E-state index in [0.717, 1.165) is 19.3 Å². The van der Waals surface area contributed by atoms with Gasteiger partial charge in [-0.1, -0.05) is 18.6 Å². The molecule has 2 amide bonds. The second kappa shape index (κ2) is 11.8. The van der Waals surface area contributed by atoms with Gasteiger partial charge in [-0.25, -0.2) is 0 Å². The van der Waals surface area contributed by atoms with Gasteiger partial charge in [0.1, 0.15) is 5.75 Å². The minimum absolute atomic E-state index is 0. The molecule has 1 fully saturated rings. The van der Waals surface area contributed by atoms with Crippen LogP contribution in [0.4, 0.5) is 0 Å². The van der Waals surface area contributed by atoms with Gasteiger partial charge in [0.2, 0.25) is 5.91 Å². The summed E-state index contributed by atoms with van der Waals surface area (Å²) in [5.74, 6) is 0.839. The highest BCUT2D eigenvalue weighted by Gasteiger charge is 2.26. The van der Waals surface area contributed by atoms with Gasteiger partial charge >= 0.3 is 0 Å². The van der Waals surface area contributed by atoms with Gasteiger partial charge in [0.25, 0.3) is 5.91 Å². The predicted molar refractivity (Wildman–Crippen MR) is 105 cm³/mol. The number of nitrogens with two attached hydrogens (primary N) is 1. The standard InChI is InChI=1S/C19H29N3O3.ClH/c1-2-25-17-10-4-3-8-15(17)19(24)21-12-6-11-18(23)22-16-9-5-7-14(16)13-20;/h3-4,8,10,14,16H,2,5-7,9,11-13,20H2,1H3,(H,21,24)(H,22,23);1H. The molecule has 4 N–H and O–H groups in total. The first-order valence-corrected chi connectivity index (χ1v) is 9.15. The van der Waals surface area contributed by atoms with Crippen molar-refractivity contribution in [2.75, 3.05) is 19.7 Å². The number of carbonyl (C=O) groups excluding carboxylic acids is 2. The van der Waals surface area contributed by atoms with Crippen LogP contribution in [0.2, 0.25) is 0 Å². The van der Waals surface area contributed by atoms with Gasteiger partial charge in [0.15, 0.2) is 0 Å². The maximum Gasteiger partial charge on any atom is 0.255 e. The van der Waals surface area contributed by atoms with E-state index < -0.39 is 0 Å². The van der Waals surface area contributed by atoms with Gasteiger partial charge in [-0.15, -0.1) is 12.4 Å². The summed E-state index contributed by atoms with van der Waals surface area (Å²) in [7, 11) is 0. The third kappa shape index (κ3) is 6.50. The molecule has 1 aliphatic carbocycles. The van der Waals surface area contributed by atoms with E-state index in [2.05, 4.69) is 10.6 Å². The molecule has 26 heavy (non-hydrogen) atoms. The Hall–Kier alpha value is -1.79. The third-order valence-electron chi connectivity index (χ3n) is 4.61. The van der Waals surface area contributed by atoms with Crippen LogP contribution in [0.3, 0.4) is 0 Å². The van der Waals surface area contributed by atoms with Crippen LogP contribution in [0.25, 0.3) is 0 Å². The van der Waals surface area contributed by atoms with Crippen LogP contribution in [0.1, 0.15) is 49.4 Å². The van der Waals surface area contributed by atoms with Gasteiger partial charge < -0.3 is 21.1 Å². The number of carbonyl (C=O) groups is 2. The fraction of sp³-hybridized carbons (Fsp3) is 0.579. The van der Waals surface area contributed by atoms with Crippen molar-refractivity contribution in [2.24, 2.45) is 11.7 Å². The van der Waals surface area contributed by atoms with Crippen LogP contribution in [0, 0.1) is 5.92 Å². The van der Waals surface area contributed by atoms with Crippen molar-refractivity contribution < 1.29 is 14.3 Å². The van der Waals surface area contributed by atoms with Crippen LogP contribution >= 0.6 is 12.4 Å². The van der Waals surface area contributed by atoms with E-state index in [-0.39, 0.29) is 30.3 Å². The van der Waals surface area contributed by atoms with Gasteiger partial charge in [-0.3, -0.25) is 9.59 Å². The lowest BCUT2D eigenvalue weighted by atomic mass is 10.0. The molecule has 2 rings (SSSR count). The van der Waals surface area contributed by atoms with Crippen LogP contribution in [0.5, 0.6) is 5.75 Å². The number of amides is 2. The Bertz CT molecular complexity index is 583. The third-order valence-corrected chi connectivity index (χ3v) is 4.61. The molecular weight excluding hydrogens is 354 g/mol. The second-order valence-electron chi connectivity index (χ2n) is 6.39. The molecule has 2 atom stereocenters. The fourth-order valence-corrected chi connectivity index (χ4v) is 3.27. The molecule has 1 aromatic rings. The maximum atomic E-state index is 12.2. The Morgan fingerprint density at radius 1 is 1.27 bits per heavy atom. The molecule has 0 spiro atoms. The van der Waals surface area contributed by atoms with Gasteiger partial charge in [0, 0.05) is 19.0 Å². The lowest BCUT2D eigenvalue weighted by molar-refractivity contribution is -0.122. The van der Waals surface area contributed by atoms with E-state index in [9.17, 15) is 9.59 Å². The molecule has 0 heterocycles. The zero-order valence-electron chi connectivity index (χ0n) is 15.3. The Morgan fingerprint density at radius 2 is 2.04 bits per heavy atom. The first kappa shape index (κ1) is 22.3. The van der Waals surface area contributed by atoms with E-state index in [0.29, 0.717) is 49.8 Å². The highest BCUT2D eigenvalue weighted by Crippen LogP contribution is 2.24. The number of para-hydroxylation sites is 1. The Labute approximate surface area is 161 Å². The highest BCUT2D eigenvalue weighted by molar-refractivity contribution is 5.96. The van der Waals surface area contributed by atoms with Crippen molar-refractivity contribution in [3.63, 3.8) is 0 Å². The van der Waals surface area contributed by atoms with Crippen molar-refractivity contribution in [1.82, 2.24) is 10.6 Å². The topological polar surface area (TPSA) is 93.4 Å². The Morgan fingerprint density at radius 3 is 2.77 bits per heavy atom.